The van der Waals surface area contributed by atoms with E-state index in [4.69, 9.17) is 4.74 Å². The van der Waals surface area contributed by atoms with E-state index in [1.54, 1.807) is 11.3 Å². The van der Waals surface area contributed by atoms with Gasteiger partial charge in [0.25, 0.3) is 0 Å². The Morgan fingerprint density at radius 3 is 3.00 bits per heavy atom. The van der Waals surface area contributed by atoms with Crippen molar-refractivity contribution in [2.75, 3.05) is 0 Å². The van der Waals surface area contributed by atoms with Gasteiger partial charge in [0.1, 0.15) is 6.61 Å². The van der Waals surface area contributed by atoms with Crippen molar-refractivity contribution in [2.45, 2.75) is 13.5 Å². The van der Waals surface area contributed by atoms with Gasteiger partial charge in [0, 0.05) is 21.4 Å². The summed E-state index contributed by atoms with van der Waals surface area (Å²) in [6, 6.07) is 10.2. The molecule has 4 rings (SSSR count). The second-order valence-electron chi connectivity index (χ2n) is 4.89. The van der Waals surface area contributed by atoms with Crippen LogP contribution in [0.2, 0.25) is 0 Å². The van der Waals surface area contributed by atoms with E-state index in [-0.39, 0.29) is 5.97 Å². The molecule has 4 heteroatoms. The summed E-state index contributed by atoms with van der Waals surface area (Å²) in [5.74, 6) is -0.319. The van der Waals surface area contributed by atoms with Gasteiger partial charge in [0.05, 0.1) is 5.52 Å². The molecule has 0 atom stereocenters. The molecule has 0 fully saturated rings. The molecule has 0 saturated heterocycles. The van der Waals surface area contributed by atoms with Gasteiger partial charge < -0.3 is 4.74 Å². The van der Waals surface area contributed by atoms with Crippen molar-refractivity contribution in [3.05, 3.63) is 52.5 Å². The predicted octanol–water partition coefficient (Wildman–Crippen LogP) is 3.94. The van der Waals surface area contributed by atoms with Crippen LogP contribution in [0.3, 0.4) is 0 Å². The molecule has 3 aromatic rings. The average molecular weight is 281 g/mol. The molecule has 1 aliphatic heterocycles. The van der Waals surface area contributed by atoms with Gasteiger partial charge in [0.15, 0.2) is 5.69 Å². The zero-order valence-electron chi connectivity index (χ0n) is 10.8. The molecule has 1 aromatic carbocycles. The number of cyclic esters (lactones) is 1. The summed E-state index contributed by atoms with van der Waals surface area (Å²) in [6.45, 7) is 2.38. The van der Waals surface area contributed by atoms with E-state index in [9.17, 15) is 4.79 Å². The van der Waals surface area contributed by atoms with E-state index in [0.717, 1.165) is 26.9 Å². The highest BCUT2D eigenvalue weighted by atomic mass is 32.1. The number of thiophene rings is 1. The molecule has 0 aliphatic carbocycles. The second kappa shape index (κ2) is 4.15. The number of nitrogens with zero attached hydrogens (tertiary/aromatic N) is 1. The number of aromatic nitrogens is 1. The highest BCUT2D eigenvalue weighted by Gasteiger charge is 2.28. The largest absolute Gasteiger partial charge is 0.456 e. The standard InChI is InChI=1S/C16H11NO2S/c1-9-4-5-12-10(7-9)14(13-3-2-6-20-13)11-8-19-16(18)15(11)17-12/h2-7H,8H2,1H3. The fraction of sp³-hybridized carbons (Fsp3) is 0.125. The van der Waals surface area contributed by atoms with E-state index in [1.165, 1.54) is 5.56 Å². The average Bonchev–Trinajstić information content (AvgIpc) is 3.07. The van der Waals surface area contributed by atoms with Crippen LogP contribution in [0.5, 0.6) is 0 Å². The summed E-state index contributed by atoms with van der Waals surface area (Å²) in [4.78, 5) is 17.4. The summed E-state index contributed by atoms with van der Waals surface area (Å²) in [5.41, 5.74) is 4.49. The molecule has 1 aliphatic rings. The molecule has 98 valence electrons. The van der Waals surface area contributed by atoms with Crippen LogP contribution in [-0.2, 0) is 11.3 Å². The van der Waals surface area contributed by atoms with E-state index in [0.29, 0.717) is 12.3 Å². The molecule has 20 heavy (non-hydrogen) atoms. The summed E-state index contributed by atoms with van der Waals surface area (Å²) in [6.07, 6.45) is 0. The quantitative estimate of drug-likeness (QED) is 0.634. The molecule has 0 amide bonds. The molecule has 0 unspecified atom stereocenters. The number of pyridine rings is 1. The number of hydrogen-bond donors (Lipinski definition) is 0. The molecule has 3 nitrogen and oxygen atoms in total. The van der Waals surface area contributed by atoms with Crippen LogP contribution in [0.15, 0.2) is 35.7 Å². The van der Waals surface area contributed by atoms with E-state index < -0.39 is 0 Å². The minimum absolute atomic E-state index is 0.318. The lowest BCUT2D eigenvalue weighted by Crippen LogP contribution is -1.99. The van der Waals surface area contributed by atoms with E-state index in [1.807, 2.05) is 23.6 Å². The number of rotatable bonds is 1. The molecule has 2 aromatic heterocycles. The number of carbonyl (C=O) groups is 1. The fourth-order valence-electron chi connectivity index (χ4n) is 2.63. The number of ether oxygens (including phenoxy) is 1. The third kappa shape index (κ3) is 1.58. The highest BCUT2D eigenvalue weighted by Crippen LogP contribution is 2.38. The van der Waals surface area contributed by atoms with Crippen LogP contribution in [0.25, 0.3) is 21.3 Å². The minimum atomic E-state index is -0.319. The monoisotopic (exact) mass is 281 g/mol. The molecule has 0 N–H and O–H groups in total. The fourth-order valence-corrected chi connectivity index (χ4v) is 3.45. The lowest BCUT2D eigenvalue weighted by atomic mass is 9.99. The number of carbonyl (C=O) groups excluding carboxylic acids is 1. The van der Waals surface area contributed by atoms with Crippen molar-refractivity contribution in [3.8, 4) is 10.4 Å². The first kappa shape index (κ1) is 11.6. The maximum Gasteiger partial charge on any atom is 0.357 e. The normalized spacial score (nSPS) is 13.6. The number of esters is 1. The Labute approximate surface area is 119 Å². The van der Waals surface area contributed by atoms with Gasteiger partial charge in [-0.25, -0.2) is 9.78 Å². The van der Waals surface area contributed by atoms with Crippen LogP contribution in [-0.4, -0.2) is 11.0 Å². The molecular formula is C16H11NO2S. The van der Waals surface area contributed by atoms with Crippen LogP contribution < -0.4 is 0 Å². The third-order valence-corrected chi connectivity index (χ3v) is 4.44. The van der Waals surface area contributed by atoms with Crippen molar-refractivity contribution in [1.29, 1.82) is 0 Å². The Hall–Kier alpha value is -2.20. The summed E-state index contributed by atoms with van der Waals surface area (Å²) in [7, 11) is 0. The van der Waals surface area contributed by atoms with Crippen molar-refractivity contribution < 1.29 is 9.53 Å². The molecular weight excluding hydrogens is 270 g/mol. The first-order chi connectivity index (χ1) is 9.74. The van der Waals surface area contributed by atoms with Gasteiger partial charge in [-0.1, -0.05) is 17.7 Å². The maximum atomic E-state index is 11.8. The van der Waals surface area contributed by atoms with Gasteiger partial charge in [-0.3, -0.25) is 0 Å². The van der Waals surface area contributed by atoms with Crippen LogP contribution in [0.4, 0.5) is 0 Å². The maximum absolute atomic E-state index is 11.8. The first-order valence-electron chi connectivity index (χ1n) is 6.38. The smallest absolute Gasteiger partial charge is 0.357 e. The van der Waals surface area contributed by atoms with Crippen LogP contribution >= 0.6 is 11.3 Å². The lowest BCUT2D eigenvalue weighted by Gasteiger charge is -2.09. The molecule has 0 bridgehead atoms. The number of hydrogen-bond acceptors (Lipinski definition) is 4. The zero-order valence-corrected chi connectivity index (χ0v) is 11.7. The number of benzene rings is 1. The summed E-state index contributed by atoms with van der Waals surface area (Å²) < 4.78 is 5.17. The molecule has 0 radical (unpaired) electrons. The van der Waals surface area contributed by atoms with Crippen molar-refractivity contribution >= 4 is 28.2 Å². The summed E-state index contributed by atoms with van der Waals surface area (Å²) >= 11 is 1.67. The Kier molecular flexibility index (Phi) is 2.41. The first-order valence-corrected chi connectivity index (χ1v) is 7.26. The molecule has 0 saturated carbocycles. The zero-order chi connectivity index (χ0) is 13.7. The minimum Gasteiger partial charge on any atom is -0.456 e. The van der Waals surface area contributed by atoms with Crippen molar-refractivity contribution in [3.63, 3.8) is 0 Å². The Bertz CT molecular complexity index is 837. The highest BCUT2D eigenvalue weighted by molar-refractivity contribution is 7.13. The van der Waals surface area contributed by atoms with E-state index >= 15 is 0 Å². The number of fused-ring (bicyclic) bond motifs is 2. The third-order valence-electron chi connectivity index (χ3n) is 3.55. The van der Waals surface area contributed by atoms with Crippen molar-refractivity contribution in [2.24, 2.45) is 0 Å². The topological polar surface area (TPSA) is 39.2 Å². The lowest BCUT2D eigenvalue weighted by molar-refractivity contribution is 0.0531. The van der Waals surface area contributed by atoms with Gasteiger partial charge in [-0.15, -0.1) is 11.3 Å². The molecule has 3 heterocycles. The van der Waals surface area contributed by atoms with Crippen LogP contribution in [0, 0.1) is 6.92 Å². The summed E-state index contributed by atoms with van der Waals surface area (Å²) in [5, 5.41) is 3.13. The second-order valence-corrected chi connectivity index (χ2v) is 5.84. The van der Waals surface area contributed by atoms with E-state index in [2.05, 4.69) is 24.0 Å². The number of aryl methyl sites for hydroxylation is 1. The Morgan fingerprint density at radius 2 is 2.20 bits per heavy atom. The Morgan fingerprint density at radius 1 is 1.30 bits per heavy atom. The van der Waals surface area contributed by atoms with Crippen molar-refractivity contribution in [1.82, 2.24) is 4.98 Å². The van der Waals surface area contributed by atoms with Crippen LogP contribution in [0.1, 0.15) is 21.6 Å². The predicted molar refractivity (Wildman–Crippen MR) is 78.9 cm³/mol. The van der Waals surface area contributed by atoms with Gasteiger partial charge in [0.2, 0.25) is 0 Å². The van der Waals surface area contributed by atoms with Gasteiger partial charge >= 0.3 is 5.97 Å². The molecule has 0 spiro atoms. The SMILES string of the molecule is Cc1ccc2nc3c(c(-c4cccs4)c2c1)COC3=O. The van der Waals surface area contributed by atoms with Gasteiger partial charge in [-0.2, -0.15) is 0 Å². The Balaban J connectivity index is 2.17. The van der Waals surface area contributed by atoms with Gasteiger partial charge in [-0.05, 0) is 30.5 Å².